The Balaban J connectivity index is 2.20. The zero-order valence-corrected chi connectivity index (χ0v) is 9.55. The molecule has 0 fully saturated rings. The van der Waals surface area contributed by atoms with E-state index >= 15 is 0 Å². The Bertz CT molecular complexity index is 223. The van der Waals surface area contributed by atoms with Crippen LogP contribution in [-0.2, 0) is 6.42 Å². The molecule has 0 saturated carbocycles. The fraction of sp³-hybridized carbons (Fsp3) is 0.455. The summed E-state index contributed by atoms with van der Waals surface area (Å²) in [5, 5.41) is 4.45. The Labute approximate surface area is 88.7 Å². The maximum absolute atomic E-state index is 3.44. The lowest BCUT2D eigenvalue weighted by Gasteiger charge is -2.09. The molecule has 1 atom stereocenters. The van der Waals surface area contributed by atoms with Gasteiger partial charge in [-0.25, -0.2) is 0 Å². The van der Waals surface area contributed by atoms with Crippen molar-refractivity contribution < 1.29 is 0 Å². The van der Waals surface area contributed by atoms with E-state index in [0.29, 0.717) is 6.04 Å². The Morgan fingerprint density at radius 2 is 2.00 bits per heavy atom. The molecule has 0 aliphatic rings. The van der Waals surface area contributed by atoms with Gasteiger partial charge in [-0.15, -0.1) is 0 Å². The molecular formula is C11H16BrN. The number of hydrogen-bond acceptors (Lipinski definition) is 1. The first-order valence-corrected chi connectivity index (χ1v) is 5.78. The van der Waals surface area contributed by atoms with Crippen LogP contribution in [-0.4, -0.2) is 17.9 Å². The van der Waals surface area contributed by atoms with Crippen LogP contribution < -0.4 is 5.32 Å². The third-order valence-electron chi connectivity index (χ3n) is 1.98. The fourth-order valence-electron chi connectivity index (χ4n) is 1.16. The quantitative estimate of drug-likeness (QED) is 0.782. The standard InChI is InChI=1S/C11H16BrN/c1-10(9-12)13-8-7-11-5-3-2-4-6-11/h2-6,10,13H,7-9H2,1H3/t10-/m0/s1. The Kier molecular flexibility index (Phi) is 5.09. The van der Waals surface area contributed by atoms with Crippen molar-refractivity contribution in [3.63, 3.8) is 0 Å². The van der Waals surface area contributed by atoms with E-state index in [1.807, 2.05) is 0 Å². The molecule has 1 nitrogen and oxygen atoms in total. The lowest BCUT2D eigenvalue weighted by Crippen LogP contribution is -2.29. The predicted molar refractivity (Wildman–Crippen MR) is 61.4 cm³/mol. The summed E-state index contributed by atoms with van der Waals surface area (Å²) in [6.45, 7) is 3.23. The van der Waals surface area contributed by atoms with Gasteiger partial charge in [-0.1, -0.05) is 46.3 Å². The highest BCUT2D eigenvalue weighted by molar-refractivity contribution is 9.09. The summed E-state index contributed by atoms with van der Waals surface area (Å²) in [7, 11) is 0. The second-order valence-corrected chi connectivity index (χ2v) is 3.89. The predicted octanol–water partition coefficient (Wildman–Crippen LogP) is 2.60. The second kappa shape index (κ2) is 6.17. The summed E-state index contributed by atoms with van der Waals surface area (Å²) in [4.78, 5) is 0. The van der Waals surface area contributed by atoms with Crippen molar-refractivity contribution in [2.45, 2.75) is 19.4 Å². The van der Waals surface area contributed by atoms with Gasteiger partial charge in [0, 0.05) is 11.4 Å². The molecule has 0 aromatic heterocycles. The highest BCUT2D eigenvalue weighted by atomic mass is 79.9. The highest BCUT2D eigenvalue weighted by Gasteiger charge is 1.97. The molecule has 0 spiro atoms. The summed E-state index contributed by atoms with van der Waals surface area (Å²) < 4.78 is 0. The normalized spacial score (nSPS) is 12.8. The maximum atomic E-state index is 3.44. The van der Waals surface area contributed by atoms with E-state index in [9.17, 15) is 0 Å². The van der Waals surface area contributed by atoms with E-state index in [1.165, 1.54) is 5.56 Å². The van der Waals surface area contributed by atoms with Crippen LogP contribution in [0.1, 0.15) is 12.5 Å². The van der Waals surface area contributed by atoms with Crippen molar-refractivity contribution in [1.29, 1.82) is 0 Å². The number of benzene rings is 1. The SMILES string of the molecule is C[C@@H](CBr)NCCc1ccccc1. The van der Waals surface area contributed by atoms with E-state index in [-0.39, 0.29) is 0 Å². The molecule has 1 rings (SSSR count). The topological polar surface area (TPSA) is 12.0 Å². The Morgan fingerprint density at radius 1 is 1.31 bits per heavy atom. The molecule has 0 amide bonds. The van der Waals surface area contributed by atoms with Crippen LogP contribution in [0.3, 0.4) is 0 Å². The first-order valence-electron chi connectivity index (χ1n) is 4.66. The minimum absolute atomic E-state index is 0.559. The van der Waals surface area contributed by atoms with Gasteiger partial charge in [-0.3, -0.25) is 0 Å². The van der Waals surface area contributed by atoms with Crippen LogP contribution in [0.2, 0.25) is 0 Å². The zero-order chi connectivity index (χ0) is 9.52. The van der Waals surface area contributed by atoms with Crippen LogP contribution in [0.4, 0.5) is 0 Å². The van der Waals surface area contributed by atoms with Gasteiger partial charge in [0.1, 0.15) is 0 Å². The molecule has 0 unspecified atom stereocenters. The lowest BCUT2D eigenvalue weighted by molar-refractivity contribution is 0.599. The molecule has 0 heterocycles. The summed E-state index contributed by atoms with van der Waals surface area (Å²) in [6.07, 6.45) is 1.11. The minimum atomic E-state index is 0.559. The van der Waals surface area contributed by atoms with Gasteiger partial charge < -0.3 is 5.32 Å². The maximum Gasteiger partial charge on any atom is 0.0183 e. The molecule has 0 aliphatic heterocycles. The first kappa shape index (κ1) is 10.7. The molecule has 2 heteroatoms. The summed E-state index contributed by atoms with van der Waals surface area (Å²) in [5.41, 5.74) is 1.40. The van der Waals surface area contributed by atoms with Crippen molar-refractivity contribution in [2.75, 3.05) is 11.9 Å². The van der Waals surface area contributed by atoms with Crippen molar-refractivity contribution in [3.8, 4) is 0 Å². The molecule has 1 aromatic carbocycles. The van der Waals surface area contributed by atoms with E-state index in [0.717, 1.165) is 18.3 Å². The molecule has 0 bridgehead atoms. The number of hydrogen-bond donors (Lipinski definition) is 1. The molecule has 72 valence electrons. The highest BCUT2D eigenvalue weighted by Crippen LogP contribution is 1.98. The second-order valence-electron chi connectivity index (χ2n) is 3.25. The van der Waals surface area contributed by atoms with Gasteiger partial charge in [0.15, 0.2) is 0 Å². The summed E-state index contributed by atoms with van der Waals surface area (Å²) >= 11 is 3.44. The van der Waals surface area contributed by atoms with Gasteiger partial charge in [0.05, 0.1) is 0 Å². The van der Waals surface area contributed by atoms with E-state index in [4.69, 9.17) is 0 Å². The number of nitrogens with one attached hydrogen (secondary N) is 1. The van der Waals surface area contributed by atoms with Crippen molar-refractivity contribution in [1.82, 2.24) is 5.32 Å². The minimum Gasteiger partial charge on any atom is -0.313 e. The van der Waals surface area contributed by atoms with E-state index in [1.54, 1.807) is 0 Å². The first-order chi connectivity index (χ1) is 6.33. The average Bonchev–Trinajstić information content (AvgIpc) is 2.19. The molecule has 0 saturated heterocycles. The van der Waals surface area contributed by atoms with Crippen LogP contribution in [0.5, 0.6) is 0 Å². The third kappa shape index (κ3) is 4.44. The monoisotopic (exact) mass is 241 g/mol. The molecule has 13 heavy (non-hydrogen) atoms. The Hall–Kier alpha value is -0.340. The Morgan fingerprint density at radius 3 is 2.62 bits per heavy atom. The fourth-order valence-corrected chi connectivity index (χ4v) is 1.39. The summed E-state index contributed by atoms with van der Waals surface area (Å²) in [6, 6.07) is 11.1. The number of rotatable bonds is 5. The van der Waals surface area contributed by atoms with Crippen molar-refractivity contribution >= 4 is 15.9 Å². The van der Waals surface area contributed by atoms with Crippen LogP contribution >= 0.6 is 15.9 Å². The van der Waals surface area contributed by atoms with Gasteiger partial charge in [0.25, 0.3) is 0 Å². The van der Waals surface area contributed by atoms with E-state index < -0.39 is 0 Å². The molecular weight excluding hydrogens is 226 g/mol. The zero-order valence-electron chi connectivity index (χ0n) is 7.96. The number of halogens is 1. The lowest BCUT2D eigenvalue weighted by atomic mass is 10.1. The van der Waals surface area contributed by atoms with Gasteiger partial charge in [-0.05, 0) is 25.5 Å². The molecule has 1 aromatic rings. The van der Waals surface area contributed by atoms with E-state index in [2.05, 4.69) is 58.5 Å². The van der Waals surface area contributed by atoms with Crippen LogP contribution in [0, 0.1) is 0 Å². The third-order valence-corrected chi connectivity index (χ3v) is 2.95. The molecule has 1 N–H and O–H groups in total. The van der Waals surface area contributed by atoms with Crippen LogP contribution in [0.25, 0.3) is 0 Å². The average molecular weight is 242 g/mol. The van der Waals surface area contributed by atoms with Crippen molar-refractivity contribution in [2.24, 2.45) is 0 Å². The smallest absolute Gasteiger partial charge is 0.0183 e. The molecule has 0 radical (unpaired) electrons. The van der Waals surface area contributed by atoms with Gasteiger partial charge >= 0.3 is 0 Å². The van der Waals surface area contributed by atoms with Crippen molar-refractivity contribution in [3.05, 3.63) is 35.9 Å². The molecule has 0 aliphatic carbocycles. The van der Waals surface area contributed by atoms with Gasteiger partial charge in [-0.2, -0.15) is 0 Å². The number of alkyl halides is 1. The van der Waals surface area contributed by atoms with Gasteiger partial charge in [0.2, 0.25) is 0 Å². The largest absolute Gasteiger partial charge is 0.313 e. The van der Waals surface area contributed by atoms with Crippen LogP contribution in [0.15, 0.2) is 30.3 Å². The summed E-state index contributed by atoms with van der Waals surface area (Å²) in [5.74, 6) is 0.